The summed E-state index contributed by atoms with van der Waals surface area (Å²) in [5.41, 5.74) is 4.77. The zero-order chi connectivity index (χ0) is 17.4. The summed E-state index contributed by atoms with van der Waals surface area (Å²) in [5, 5.41) is 11.7. The molecule has 0 fully saturated rings. The smallest absolute Gasteiger partial charge is 0.261 e. The fraction of sp³-hybridized carbons (Fsp3) is 0.474. The van der Waals surface area contributed by atoms with Crippen LogP contribution in [0.4, 0.5) is 5.69 Å². The van der Waals surface area contributed by atoms with Crippen molar-refractivity contribution in [1.29, 1.82) is 5.26 Å². The molecule has 23 heavy (non-hydrogen) atoms. The molecular weight excluding hydrogens is 286 g/mol. The van der Waals surface area contributed by atoms with Crippen LogP contribution in [0.15, 0.2) is 17.7 Å². The molecule has 4 heteroatoms. The largest absolute Gasteiger partial charge is 0.369 e. The Kier molecular flexibility index (Phi) is 4.51. The number of nitrogens with zero attached hydrogens (tertiary/aromatic N) is 2. The standard InChI is InChI=1S/C19H25N3O/c1-12-7-17-16(13(2)10-19(3,4)22(17)6)9-14(12)8-15(11-20)18(23)21-5/h7-9,13H,10H2,1-6H3,(H,21,23)/b15-8+. The number of nitrogens with one attached hydrogen (secondary N) is 1. The van der Waals surface area contributed by atoms with Gasteiger partial charge in [-0.05, 0) is 68.0 Å². The normalized spacial score (nSPS) is 19.8. The van der Waals surface area contributed by atoms with Gasteiger partial charge in [-0.15, -0.1) is 0 Å². The Morgan fingerprint density at radius 2 is 2.13 bits per heavy atom. The molecule has 0 aliphatic carbocycles. The number of hydrogen-bond acceptors (Lipinski definition) is 3. The second-order valence-corrected chi connectivity index (χ2v) is 6.99. The van der Waals surface area contributed by atoms with E-state index in [0.29, 0.717) is 5.92 Å². The van der Waals surface area contributed by atoms with E-state index in [1.54, 1.807) is 6.08 Å². The molecule has 1 heterocycles. The summed E-state index contributed by atoms with van der Waals surface area (Å²) in [6, 6.07) is 6.27. The molecule has 4 nitrogen and oxygen atoms in total. The van der Waals surface area contributed by atoms with Crippen LogP contribution in [-0.4, -0.2) is 25.5 Å². The predicted molar refractivity (Wildman–Crippen MR) is 94.3 cm³/mol. The second kappa shape index (κ2) is 6.08. The van der Waals surface area contributed by atoms with Crippen molar-refractivity contribution in [2.24, 2.45) is 0 Å². The van der Waals surface area contributed by atoms with E-state index in [1.165, 1.54) is 18.3 Å². The topological polar surface area (TPSA) is 56.1 Å². The van der Waals surface area contributed by atoms with E-state index in [2.05, 4.69) is 50.2 Å². The van der Waals surface area contributed by atoms with Crippen molar-refractivity contribution in [3.8, 4) is 6.07 Å². The third-order valence-corrected chi connectivity index (χ3v) is 4.91. The van der Waals surface area contributed by atoms with E-state index in [-0.39, 0.29) is 17.0 Å². The van der Waals surface area contributed by atoms with Gasteiger partial charge >= 0.3 is 0 Å². The van der Waals surface area contributed by atoms with Crippen LogP contribution in [0.3, 0.4) is 0 Å². The Morgan fingerprint density at radius 1 is 1.48 bits per heavy atom. The monoisotopic (exact) mass is 311 g/mol. The molecule has 0 radical (unpaired) electrons. The number of nitriles is 1. The molecule has 0 spiro atoms. The molecule has 2 rings (SSSR count). The highest BCUT2D eigenvalue weighted by atomic mass is 16.1. The number of amides is 1. The highest BCUT2D eigenvalue weighted by molar-refractivity contribution is 6.01. The van der Waals surface area contributed by atoms with Gasteiger partial charge in [-0.1, -0.05) is 6.92 Å². The molecule has 1 aromatic rings. The molecular formula is C19H25N3O. The van der Waals surface area contributed by atoms with Crippen LogP contribution in [0.5, 0.6) is 0 Å². The van der Waals surface area contributed by atoms with Crippen LogP contribution in [0.25, 0.3) is 6.08 Å². The molecule has 1 aliphatic rings. The summed E-state index contributed by atoms with van der Waals surface area (Å²) < 4.78 is 0. The lowest BCUT2D eigenvalue weighted by Gasteiger charge is -2.45. The molecule has 1 atom stereocenters. The molecule has 1 unspecified atom stereocenters. The van der Waals surface area contributed by atoms with Gasteiger partial charge in [0.2, 0.25) is 0 Å². The fourth-order valence-corrected chi connectivity index (χ4v) is 3.33. The van der Waals surface area contributed by atoms with Crippen molar-refractivity contribution in [2.45, 2.75) is 45.6 Å². The molecule has 1 aliphatic heterocycles. The lowest BCUT2D eigenvalue weighted by molar-refractivity contribution is -0.116. The van der Waals surface area contributed by atoms with Crippen molar-refractivity contribution in [3.63, 3.8) is 0 Å². The maximum atomic E-state index is 11.7. The third kappa shape index (κ3) is 3.10. The first-order valence-electron chi connectivity index (χ1n) is 7.93. The van der Waals surface area contributed by atoms with Crippen molar-refractivity contribution < 1.29 is 4.79 Å². The molecule has 0 aromatic heterocycles. The number of aryl methyl sites for hydroxylation is 1. The van der Waals surface area contributed by atoms with Crippen LogP contribution in [0, 0.1) is 18.3 Å². The van der Waals surface area contributed by atoms with E-state index in [9.17, 15) is 10.1 Å². The summed E-state index contributed by atoms with van der Waals surface area (Å²) in [6.07, 6.45) is 2.75. The number of rotatable bonds is 2. The first-order chi connectivity index (χ1) is 10.7. The summed E-state index contributed by atoms with van der Waals surface area (Å²) in [5.74, 6) is 0.0883. The molecule has 0 bridgehead atoms. The molecule has 122 valence electrons. The minimum atomic E-state index is -0.351. The van der Waals surface area contributed by atoms with Gasteiger partial charge < -0.3 is 10.2 Å². The second-order valence-electron chi connectivity index (χ2n) is 6.99. The Labute approximate surface area is 138 Å². The Morgan fingerprint density at radius 3 is 2.70 bits per heavy atom. The Balaban J connectivity index is 2.56. The van der Waals surface area contributed by atoms with E-state index in [1.807, 2.05) is 13.0 Å². The van der Waals surface area contributed by atoms with Gasteiger partial charge in [0.15, 0.2) is 0 Å². The van der Waals surface area contributed by atoms with Gasteiger partial charge in [-0.3, -0.25) is 4.79 Å². The quantitative estimate of drug-likeness (QED) is 0.673. The third-order valence-electron chi connectivity index (χ3n) is 4.91. The van der Waals surface area contributed by atoms with E-state index in [0.717, 1.165) is 17.5 Å². The van der Waals surface area contributed by atoms with Crippen LogP contribution in [0.1, 0.15) is 49.8 Å². The lowest BCUT2D eigenvalue weighted by atomic mass is 9.79. The molecule has 0 saturated heterocycles. The summed E-state index contributed by atoms with van der Waals surface area (Å²) in [6.45, 7) is 8.77. The highest BCUT2D eigenvalue weighted by Gasteiger charge is 2.34. The molecule has 0 saturated carbocycles. The SMILES string of the molecule is CNC(=O)/C(C#N)=C/c1cc2c(cc1C)N(C)C(C)(C)CC2C. The Bertz CT molecular complexity index is 710. The maximum absolute atomic E-state index is 11.7. The average Bonchev–Trinajstić information content (AvgIpc) is 2.50. The highest BCUT2D eigenvalue weighted by Crippen LogP contribution is 2.43. The van der Waals surface area contributed by atoms with Crippen molar-refractivity contribution in [2.75, 3.05) is 19.0 Å². The lowest BCUT2D eigenvalue weighted by Crippen LogP contribution is -2.45. The van der Waals surface area contributed by atoms with Gasteiger partial charge in [-0.2, -0.15) is 5.26 Å². The number of fused-ring (bicyclic) bond motifs is 1. The molecule has 1 aromatic carbocycles. The zero-order valence-electron chi connectivity index (χ0n) is 14.8. The van der Waals surface area contributed by atoms with Gasteiger partial charge in [-0.25, -0.2) is 0 Å². The number of carbonyl (C=O) groups is 1. The molecule has 1 N–H and O–H groups in total. The van der Waals surface area contributed by atoms with Gasteiger partial charge in [0, 0.05) is 25.3 Å². The van der Waals surface area contributed by atoms with Crippen molar-refractivity contribution in [1.82, 2.24) is 5.32 Å². The minimum absolute atomic E-state index is 0.121. The predicted octanol–water partition coefficient (Wildman–Crippen LogP) is 3.37. The summed E-state index contributed by atoms with van der Waals surface area (Å²) >= 11 is 0. The minimum Gasteiger partial charge on any atom is -0.369 e. The number of benzene rings is 1. The van der Waals surface area contributed by atoms with Gasteiger partial charge in [0.25, 0.3) is 5.91 Å². The zero-order valence-corrected chi connectivity index (χ0v) is 14.8. The fourth-order valence-electron chi connectivity index (χ4n) is 3.33. The number of carbonyl (C=O) groups excluding carboxylic acids is 1. The first kappa shape index (κ1) is 17.1. The van der Waals surface area contributed by atoms with Crippen molar-refractivity contribution >= 4 is 17.7 Å². The van der Waals surface area contributed by atoms with E-state index >= 15 is 0 Å². The van der Waals surface area contributed by atoms with Crippen LogP contribution in [-0.2, 0) is 4.79 Å². The molecule has 1 amide bonds. The number of likely N-dealkylation sites (N-methyl/N-ethyl adjacent to an activating group) is 1. The van der Waals surface area contributed by atoms with Crippen LogP contribution >= 0.6 is 0 Å². The van der Waals surface area contributed by atoms with Gasteiger partial charge in [0.1, 0.15) is 11.6 Å². The van der Waals surface area contributed by atoms with Crippen molar-refractivity contribution in [3.05, 3.63) is 34.4 Å². The maximum Gasteiger partial charge on any atom is 0.261 e. The van der Waals surface area contributed by atoms with Crippen LogP contribution < -0.4 is 10.2 Å². The summed E-state index contributed by atoms with van der Waals surface area (Å²) in [7, 11) is 3.66. The van der Waals surface area contributed by atoms with E-state index in [4.69, 9.17) is 0 Å². The summed E-state index contributed by atoms with van der Waals surface area (Å²) in [4.78, 5) is 14.1. The first-order valence-corrected chi connectivity index (χ1v) is 7.93. The Hall–Kier alpha value is -2.28. The van der Waals surface area contributed by atoms with Crippen LogP contribution in [0.2, 0.25) is 0 Å². The number of hydrogen-bond donors (Lipinski definition) is 1. The van der Waals surface area contributed by atoms with Gasteiger partial charge in [0.05, 0.1) is 0 Å². The van der Waals surface area contributed by atoms with E-state index < -0.39 is 0 Å². The average molecular weight is 311 g/mol. The number of anilines is 1.